The molecule has 1 aromatic heterocycles. The number of nitrogens with one attached hydrogen (secondary N) is 3. The van der Waals surface area contributed by atoms with Gasteiger partial charge in [-0.1, -0.05) is 26.2 Å². The van der Waals surface area contributed by atoms with Crippen LogP contribution in [0.25, 0.3) is 0 Å². The van der Waals surface area contributed by atoms with Crippen LogP contribution in [-0.2, 0) is 4.79 Å². The first-order valence-corrected chi connectivity index (χ1v) is 11.3. The van der Waals surface area contributed by atoms with E-state index in [1.165, 1.54) is 25.6 Å². The van der Waals surface area contributed by atoms with Gasteiger partial charge in [0.2, 0.25) is 5.91 Å². The summed E-state index contributed by atoms with van der Waals surface area (Å²) in [6.45, 7) is 4.29. The summed E-state index contributed by atoms with van der Waals surface area (Å²) in [5, 5.41) is 9.21. The first-order valence-electron chi connectivity index (χ1n) is 11.3. The molecule has 30 heavy (non-hydrogen) atoms. The highest BCUT2D eigenvalue weighted by Gasteiger charge is 2.38. The van der Waals surface area contributed by atoms with Crippen molar-refractivity contribution in [1.29, 1.82) is 0 Å². The maximum Gasteiger partial charge on any atom is 0.315 e. The van der Waals surface area contributed by atoms with Crippen molar-refractivity contribution >= 4 is 11.9 Å². The Morgan fingerprint density at radius 3 is 2.50 bits per heavy atom. The molecule has 0 saturated heterocycles. The Labute approximate surface area is 179 Å². The van der Waals surface area contributed by atoms with Crippen molar-refractivity contribution in [2.24, 2.45) is 11.8 Å². The molecule has 4 atom stereocenters. The van der Waals surface area contributed by atoms with E-state index in [1.807, 2.05) is 0 Å². The van der Waals surface area contributed by atoms with E-state index in [0.717, 1.165) is 32.1 Å². The van der Waals surface area contributed by atoms with E-state index in [2.05, 4.69) is 32.8 Å². The number of hydrogen-bond acceptors (Lipinski definition) is 5. The van der Waals surface area contributed by atoms with Crippen LogP contribution in [0.15, 0.2) is 18.7 Å². The second-order valence-electron chi connectivity index (χ2n) is 8.66. The molecule has 8 nitrogen and oxygen atoms in total. The minimum atomic E-state index is -0.0873. The highest BCUT2D eigenvalue weighted by Crippen LogP contribution is 2.35. The lowest BCUT2D eigenvalue weighted by molar-refractivity contribution is -0.120. The van der Waals surface area contributed by atoms with Crippen molar-refractivity contribution in [3.05, 3.63) is 18.7 Å². The third-order valence-electron chi connectivity index (χ3n) is 6.46. The first kappa shape index (κ1) is 22.3. The highest BCUT2D eigenvalue weighted by atomic mass is 16.5. The largest absolute Gasteiger partial charge is 0.487 e. The number of rotatable bonds is 7. The van der Waals surface area contributed by atoms with Crippen molar-refractivity contribution < 1.29 is 14.3 Å². The second-order valence-corrected chi connectivity index (χ2v) is 8.66. The van der Waals surface area contributed by atoms with Gasteiger partial charge in [0.15, 0.2) is 5.75 Å². The van der Waals surface area contributed by atoms with Crippen LogP contribution in [0.2, 0.25) is 0 Å². The molecule has 0 radical (unpaired) electrons. The SMILES string of the molecule is CC(=O)NC1CCC(Oc2cncnc2)C(C)C1CCNC(=O)NC1CCCCC1. The van der Waals surface area contributed by atoms with Gasteiger partial charge in [-0.05, 0) is 43.9 Å². The van der Waals surface area contributed by atoms with Crippen molar-refractivity contribution in [3.63, 3.8) is 0 Å². The molecule has 3 rings (SSSR count). The molecule has 1 aromatic rings. The Morgan fingerprint density at radius 1 is 1.07 bits per heavy atom. The molecule has 1 heterocycles. The summed E-state index contributed by atoms with van der Waals surface area (Å²) in [6, 6.07) is 0.300. The topological polar surface area (TPSA) is 105 Å². The zero-order valence-corrected chi connectivity index (χ0v) is 18.1. The zero-order valence-electron chi connectivity index (χ0n) is 18.1. The van der Waals surface area contributed by atoms with Gasteiger partial charge < -0.3 is 20.7 Å². The van der Waals surface area contributed by atoms with Gasteiger partial charge in [0.25, 0.3) is 0 Å². The van der Waals surface area contributed by atoms with Crippen LogP contribution in [0.3, 0.4) is 0 Å². The molecule has 2 fully saturated rings. The van der Waals surface area contributed by atoms with Crippen molar-refractivity contribution in [3.8, 4) is 5.75 Å². The van der Waals surface area contributed by atoms with Gasteiger partial charge in [0, 0.05) is 25.6 Å². The van der Waals surface area contributed by atoms with Gasteiger partial charge in [-0.3, -0.25) is 4.79 Å². The number of ether oxygens (including phenoxy) is 1. The lowest BCUT2D eigenvalue weighted by atomic mass is 9.73. The predicted octanol–water partition coefficient (Wildman–Crippen LogP) is 2.80. The summed E-state index contributed by atoms with van der Waals surface area (Å²) >= 11 is 0. The lowest BCUT2D eigenvalue weighted by Crippen LogP contribution is -2.51. The lowest BCUT2D eigenvalue weighted by Gasteiger charge is -2.41. The van der Waals surface area contributed by atoms with E-state index in [0.29, 0.717) is 18.3 Å². The molecule has 166 valence electrons. The monoisotopic (exact) mass is 417 g/mol. The Balaban J connectivity index is 1.53. The number of urea groups is 1. The summed E-state index contributed by atoms with van der Waals surface area (Å²) in [5.74, 6) is 1.08. The van der Waals surface area contributed by atoms with Gasteiger partial charge >= 0.3 is 6.03 Å². The van der Waals surface area contributed by atoms with Crippen LogP contribution in [0.4, 0.5) is 4.79 Å². The second kappa shape index (κ2) is 11.1. The van der Waals surface area contributed by atoms with Gasteiger partial charge in [-0.15, -0.1) is 0 Å². The van der Waals surface area contributed by atoms with Crippen LogP contribution < -0.4 is 20.7 Å². The fraction of sp³-hybridized carbons (Fsp3) is 0.727. The van der Waals surface area contributed by atoms with Crippen molar-refractivity contribution in [2.45, 2.75) is 83.4 Å². The van der Waals surface area contributed by atoms with E-state index in [-0.39, 0.29) is 35.9 Å². The third-order valence-corrected chi connectivity index (χ3v) is 6.46. The molecular weight excluding hydrogens is 382 g/mol. The van der Waals surface area contributed by atoms with Crippen LogP contribution in [0.5, 0.6) is 5.75 Å². The first-order chi connectivity index (χ1) is 14.5. The van der Waals surface area contributed by atoms with E-state index in [9.17, 15) is 9.59 Å². The van der Waals surface area contributed by atoms with Crippen LogP contribution in [0.1, 0.15) is 65.2 Å². The molecule has 0 spiro atoms. The molecule has 3 N–H and O–H groups in total. The Morgan fingerprint density at radius 2 is 1.80 bits per heavy atom. The number of amides is 3. The summed E-state index contributed by atoms with van der Waals surface area (Å²) in [6.07, 6.45) is 13.1. The number of nitrogens with zero attached hydrogens (tertiary/aromatic N) is 2. The molecule has 2 aliphatic carbocycles. The molecule has 3 amide bonds. The Hall–Kier alpha value is -2.38. The van der Waals surface area contributed by atoms with E-state index in [1.54, 1.807) is 19.3 Å². The van der Waals surface area contributed by atoms with E-state index >= 15 is 0 Å². The van der Waals surface area contributed by atoms with Crippen LogP contribution in [-0.4, -0.2) is 46.6 Å². The molecule has 0 aromatic carbocycles. The summed E-state index contributed by atoms with van der Waals surface area (Å²) in [7, 11) is 0. The Bertz CT molecular complexity index is 681. The average molecular weight is 418 g/mol. The normalized spacial score (nSPS) is 27.1. The highest BCUT2D eigenvalue weighted by molar-refractivity contribution is 5.74. The van der Waals surface area contributed by atoms with Crippen molar-refractivity contribution in [2.75, 3.05) is 6.54 Å². The molecule has 4 unspecified atom stereocenters. The molecule has 0 aliphatic heterocycles. The maximum absolute atomic E-state index is 12.3. The van der Waals surface area contributed by atoms with E-state index < -0.39 is 0 Å². The average Bonchev–Trinajstić information content (AvgIpc) is 2.73. The maximum atomic E-state index is 12.3. The number of aromatic nitrogens is 2. The van der Waals surface area contributed by atoms with E-state index in [4.69, 9.17) is 4.74 Å². The zero-order chi connectivity index (χ0) is 21.3. The molecule has 0 bridgehead atoms. The summed E-state index contributed by atoms with van der Waals surface area (Å²) in [4.78, 5) is 32.0. The predicted molar refractivity (Wildman–Crippen MR) is 114 cm³/mol. The number of carbonyl (C=O) groups excluding carboxylic acids is 2. The van der Waals surface area contributed by atoms with Crippen molar-refractivity contribution in [1.82, 2.24) is 25.9 Å². The summed E-state index contributed by atoms with van der Waals surface area (Å²) < 4.78 is 6.14. The third kappa shape index (κ3) is 6.57. The number of hydrogen-bond donors (Lipinski definition) is 3. The smallest absolute Gasteiger partial charge is 0.315 e. The summed E-state index contributed by atoms with van der Waals surface area (Å²) in [5.41, 5.74) is 0. The minimum absolute atomic E-state index is 0.0176. The fourth-order valence-electron chi connectivity index (χ4n) is 4.89. The van der Waals surface area contributed by atoms with Gasteiger partial charge in [-0.2, -0.15) is 0 Å². The molecular formula is C22H35N5O3. The molecule has 2 saturated carbocycles. The van der Waals surface area contributed by atoms with Gasteiger partial charge in [-0.25, -0.2) is 14.8 Å². The standard InChI is InChI=1S/C22H35N5O3/c1-15-19(10-11-25-22(29)27-17-6-4-3-5-7-17)20(26-16(2)28)8-9-21(15)30-18-12-23-14-24-13-18/h12-15,17,19-21H,3-11H2,1-2H3,(H,26,28)(H2,25,27,29). The number of carbonyl (C=O) groups is 2. The molecule has 2 aliphatic rings. The molecule has 8 heteroatoms. The quantitative estimate of drug-likeness (QED) is 0.633. The van der Waals surface area contributed by atoms with Crippen LogP contribution in [0, 0.1) is 11.8 Å². The van der Waals surface area contributed by atoms with Gasteiger partial charge in [0.05, 0.1) is 12.4 Å². The minimum Gasteiger partial charge on any atom is -0.487 e. The van der Waals surface area contributed by atoms with Crippen LogP contribution >= 0.6 is 0 Å². The van der Waals surface area contributed by atoms with Gasteiger partial charge in [0.1, 0.15) is 12.4 Å². The Kier molecular flexibility index (Phi) is 8.28. The fourth-order valence-corrected chi connectivity index (χ4v) is 4.89.